The zero-order valence-corrected chi connectivity index (χ0v) is 18.1. The second kappa shape index (κ2) is 8.18. The largest absolute Gasteiger partial charge is 0.396 e. The number of aliphatic hydroxyl groups is 1. The molecule has 1 aliphatic heterocycles. The van der Waals surface area contributed by atoms with E-state index in [1.54, 1.807) is 6.92 Å². The highest BCUT2D eigenvalue weighted by atomic mass is 79.9. The fourth-order valence-corrected chi connectivity index (χ4v) is 4.84. The van der Waals surface area contributed by atoms with Gasteiger partial charge in [-0.1, -0.05) is 34.1 Å². The summed E-state index contributed by atoms with van der Waals surface area (Å²) in [6.07, 6.45) is -4.23. The van der Waals surface area contributed by atoms with Crippen LogP contribution in [0.2, 0.25) is 0 Å². The third kappa shape index (κ3) is 3.99. The summed E-state index contributed by atoms with van der Waals surface area (Å²) < 4.78 is 70.6. The first kappa shape index (κ1) is 22.2. The molecule has 4 rings (SSSR count). The van der Waals surface area contributed by atoms with E-state index in [4.69, 9.17) is 0 Å². The van der Waals surface area contributed by atoms with E-state index in [-0.39, 0.29) is 10.0 Å². The first-order chi connectivity index (χ1) is 14.6. The van der Waals surface area contributed by atoms with E-state index in [2.05, 4.69) is 20.9 Å². The number of fused-ring (bicyclic) bond motifs is 3. The SMILES string of the molecule is CC1Cc2c([nH]c3ccccc23)C(c2c(F)cc(Br)cc2F)N1CC(CO)C(F)(F)F. The van der Waals surface area contributed by atoms with Crippen molar-refractivity contribution in [3.8, 4) is 0 Å². The van der Waals surface area contributed by atoms with Crippen molar-refractivity contribution in [2.75, 3.05) is 13.2 Å². The number of hydrogen-bond donors (Lipinski definition) is 2. The van der Waals surface area contributed by atoms with E-state index in [9.17, 15) is 18.3 Å². The average molecular weight is 503 g/mol. The Morgan fingerprint density at radius 3 is 2.45 bits per heavy atom. The van der Waals surface area contributed by atoms with Crippen LogP contribution in [0.15, 0.2) is 40.9 Å². The Hall–Kier alpha value is -1.97. The molecule has 0 radical (unpaired) electrons. The van der Waals surface area contributed by atoms with Crippen LogP contribution in [0.4, 0.5) is 22.0 Å². The summed E-state index contributed by atoms with van der Waals surface area (Å²) in [7, 11) is 0. The molecule has 31 heavy (non-hydrogen) atoms. The van der Waals surface area contributed by atoms with Crippen molar-refractivity contribution >= 4 is 26.8 Å². The second-order valence-corrected chi connectivity index (χ2v) is 8.84. The van der Waals surface area contributed by atoms with Gasteiger partial charge in [0.05, 0.1) is 18.6 Å². The normalized spacial score (nSPS) is 20.8. The van der Waals surface area contributed by atoms with Crippen LogP contribution in [-0.4, -0.2) is 40.4 Å². The summed E-state index contributed by atoms with van der Waals surface area (Å²) in [5.41, 5.74) is 1.73. The van der Waals surface area contributed by atoms with Crippen molar-refractivity contribution in [1.82, 2.24) is 9.88 Å². The second-order valence-electron chi connectivity index (χ2n) is 7.92. The smallest absolute Gasteiger partial charge is 0.395 e. The lowest BCUT2D eigenvalue weighted by atomic mass is 9.87. The van der Waals surface area contributed by atoms with Gasteiger partial charge in [0.1, 0.15) is 11.6 Å². The molecular weight excluding hydrogens is 483 g/mol. The minimum absolute atomic E-state index is 0.196. The quantitative estimate of drug-likeness (QED) is 0.448. The third-order valence-corrected chi connectivity index (χ3v) is 6.41. The number of aromatic nitrogens is 1. The van der Waals surface area contributed by atoms with Gasteiger partial charge in [-0.25, -0.2) is 8.78 Å². The van der Waals surface area contributed by atoms with Gasteiger partial charge in [0.15, 0.2) is 0 Å². The maximum atomic E-state index is 15.0. The molecule has 1 aliphatic rings. The van der Waals surface area contributed by atoms with Gasteiger partial charge in [-0.15, -0.1) is 0 Å². The van der Waals surface area contributed by atoms with Crippen LogP contribution in [0.3, 0.4) is 0 Å². The molecule has 2 N–H and O–H groups in total. The number of para-hydroxylation sites is 1. The number of nitrogens with one attached hydrogen (secondary N) is 1. The number of rotatable bonds is 4. The Balaban J connectivity index is 1.92. The Morgan fingerprint density at radius 2 is 1.84 bits per heavy atom. The predicted molar refractivity (Wildman–Crippen MR) is 111 cm³/mol. The third-order valence-electron chi connectivity index (χ3n) is 5.95. The molecule has 0 bridgehead atoms. The highest BCUT2D eigenvalue weighted by Gasteiger charge is 2.45. The summed E-state index contributed by atoms with van der Waals surface area (Å²) in [6.45, 7) is 0.0388. The van der Waals surface area contributed by atoms with Crippen LogP contribution in [0.1, 0.15) is 29.8 Å². The first-order valence-corrected chi connectivity index (χ1v) is 10.6. The van der Waals surface area contributed by atoms with Gasteiger partial charge in [0.25, 0.3) is 0 Å². The molecular formula is C22H20BrF5N2O. The number of aromatic amines is 1. The van der Waals surface area contributed by atoms with Crippen molar-refractivity contribution in [3.63, 3.8) is 0 Å². The van der Waals surface area contributed by atoms with Gasteiger partial charge in [-0.3, -0.25) is 4.90 Å². The zero-order chi connectivity index (χ0) is 22.5. The molecule has 0 spiro atoms. The Bertz CT molecular complexity index is 1090. The van der Waals surface area contributed by atoms with E-state index >= 15 is 8.78 Å². The molecule has 166 valence electrons. The van der Waals surface area contributed by atoms with Crippen LogP contribution in [0, 0.1) is 17.6 Å². The number of H-pyrrole nitrogens is 1. The minimum Gasteiger partial charge on any atom is -0.396 e. The number of nitrogens with zero attached hydrogens (tertiary/aromatic N) is 1. The van der Waals surface area contributed by atoms with Crippen LogP contribution in [0.5, 0.6) is 0 Å². The molecule has 2 aromatic carbocycles. The van der Waals surface area contributed by atoms with Crippen molar-refractivity contribution in [2.45, 2.75) is 31.6 Å². The van der Waals surface area contributed by atoms with Crippen molar-refractivity contribution < 1.29 is 27.1 Å². The fourth-order valence-electron chi connectivity index (χ4n) is 4.44. The molecule has 3 nitrogen and oxygen atoms in total. The predicted octanol–water partition coefficient (Wildman–Crippen LogP) is 5.72. The Labute approximate surface area is 184 Å². The molecule has 0 aliphatic carbocycles. The molecule has 2 heterocycles. The Morgan fingerprint density at radius 1 is 1.19 bits per heavy atom. The van der Waals surface area contributed by atoms with Crippen molar-refractivity contribution in [1.29, 1.82) is 0 Å². The van der Waals surface area contributed by atoms with Crippen LogP contribution >= 0.6 is 15.9 Å². The van der Waals surface area contributed by atoms with Gasteiger partial charge < -0.3 is 10.1 Å². The van der Waals surface area contributed by atoms with Crippen LogP contribution in [-0.2, 0) is 6.42 Å². The summed E-state index contributed by atoms with van der Waals surface area (Å²) in [6, 6.07) is 8.01. The molecule has 0 fully saturated rings. The molecule has 3 unspecified atom stereocenters. The molecule has 9 heteroatoms. The maximum absolute atomic E-state index is 15.0. The number of aliphatic hydroxyl groups excluding tert-OH is 1. The molecule has 0 saturated carbocycles. The molecule has 0 amide bonds. The van der Waals surface area contributed by atoms with Crippen LogP contribution < -0.4 is 0 Å². The lowest BCUT2D eigenvalue weighted by Crippen LogP contribution is -2.48. The van der Waals surface area contributed by atoms with E-state index in [0.717, 1.165) is 28.6 Å². The summed E-state index contributed by atoms with van der Waals surface area (Å²) in [5, 5.41) is 10.3. The molecule has 0 saturated heterocycles. The summed E-state index contributed by atoms with van der Waals surface area (Å²) in [5.74, 6) is -3.74. The lowest BCUT2D eigenvalue weighted by Gasteiger charge is -2.42. The van der Waals surface area contributed by atoms with Gasteiger partial charge >= 0.3 is 6.18 Å². The topological polar surface area (TPSA) is 39.3 Å². The van der Waals surface area contributed by atoms with Crippen molar-refractivity contribution in [2.24, 2.45) is 5.92 Å². The molecule has 3 atom stereocenters. The number of benzene rings is 2. The van der Waals surface area contributed by atoms with Gasteiger partial charge in [0.2, 0.25) is 0 Å². The minimum atomic E-state index is -4.64. The highest BCUT2D eigenvalue weighted by Crippen LogP contribution is 2.44. The summed E-state index contributed by atoms with van der Waals surface area (Å²) in [4.78, 5) is 4.62. The number of hydrogen-bond acceptors (Lipinski definition) is 2. The average Bonchev–Trinajstić information content (AvgIpc) is 3.03. The van der Waals surface area contributed by atoms with Gasteiger partial charge in [-0.2, -0.15) is 13.2 Å². The number of halogens is 6. The molecule has 1 aromatic heterocycles. The number of alkyl halides is 3. The summed E-state index contributed by atoms with van der Waals surface area (Å²) >= 11 is 3.05. The highest BCUT2D eigenvalue weighted by molar-refractivity contribution is 9.10. The standard InChI is InChI=1S/C22H20BrF5N2O/c1-11-6-15-14-4-2-3-5-18(14)29-20(15)21(19-16(24)7-13(23)8-17(19)25)30(11)9-12(10-31)22(26,27)28/h2-5,7-8,11-12,21,29,31H,6,9-10H2,1H3. The first-order valence-electron chi connectivity index (χ1n) is 9.79. The van der Waals surface area contributed by atoms with Crippen LogP contribution in [0.25, 0.3) is 10.9 Å². The Kier molecular flexibility index (Phi) is 5.87. The monoisotopic (exact) mass is 502 g/mol. The zero-order valence-electron chi connectivity index (χ0n) is 16.5. The van der Waals surface area contributed by atoms with Gasteiger partial charge in [0, 0.05) is 39.2 Å². The van der Waals surface area contributed by atoms with E-state index < -0.39 is 49.0 Å². The van der Waals surface area contributed by atoms with Gasteiger partial charge in [-0.05, 0) is 37.1 Å². The lowest BCUT2D eigenvalue weighted by molar-refractivity contribution is -0.191. The van der Waals surface area contributed by atoms with E-state index in [0.29, 0.717) is 12.1 Å². The van der Waals surface area contributed by atoms with E-state index in [1.165, 1.54) is 4.90 Å². The molecule has 3 aromatic rings. The fraction of sp³-hybridized carbons (Fsp3) is 0.364. The maximum Gasteiger partial charge on any atom is 0.395 e. The van der Waals surface area contributed by atoms with E-state index in [1.807, 2.05) is 24.3 Å². The van der Waals surface area contributed by atoms with Crippen molar-refractivity contribution in [3.05, 3.63) is 69.3 Å².